The van der Waals surface area contributed by atoms with Crippen LogP contribution in [0.1, 0.15) is 25.0 Å². The van der Waals surface area contributed by atoms with Gasteiger partial charge in [-0.3, -0.25) is 0 Å². The predicted octanol–water partition coefficient (Wildman–Crippen LogP) is 4.29. The Balaban J connectivity index is 2.25. The van der Waals surface area contributed by atoms with Crippen LogP contribution in [-0.2, 0) is 9.84 Å². The average molecular weight is 384 g/mol. The topological polar surface area (TPSA) is 63.6 Å². The van der Waals surface area contributed by atoms with E-state index in [0.717, 1.165) is 12.1 Å². The van der Waals surface area contributed by atoms with Gasteiger partial charge in [-0.25, -0.2) is 8.42 Å². The predicted molar refractivity (Wildman–Crippen MR) is 89.6 cm³/mol. The maximum absolute atomic E-state index is 12.9. The highest BCUT2D eigenvalue weighted by Crippen LogP contribution is 2.43. The zero-order valence-electron chi connectivity index (χ0n) is 13.8. The van der Waals surface area contributed by atoms with Crippen molar-refractivity contribution in [3.05, 3.63) is 59.7 Å². The van der Waals surface area contributed by atoms with Crippen molar-refractivity contribution in [2.45, 2.75) is 29.9 Å². The van der Waals surface area contributed by atoms with Crippen molar-refractivity contribution >= 4 is 15.4 Å². The van der Waals surface area contributed by atoms with Crippen LogP contribution in [0.2, 0.25) is 0 Å². The van der Waals surface area contributed by atoms with Crippen LogP contribution in [0, 0.1) is 0 Å². The largest absolute Gasteiger partial charge is 0.507 e. The Kier molecular flexibility index (Phi) is 4.06. The second kappa shape index (κ2) is 5.77. The summed E-state index contributed by atoms with van der Waals surface area (Å²) in [5.41, 5.74) is -5.28. The molecule has 0 fully saturated rings. The first-order valence-corrected chi connectivity index (χ1v) is 9.07. The van der Waals surface area contributed by atoms with Crippen molar-refractivity contribution < 1.29 is 31.4 Å². The highest BCUT2D eigenvalue weighted by atomic mass is 32.2. The lowest BCUT2D eigenvalue weighted by atomic mass is 9.89. The minimum atomic E-state index is -5.50. The summed E-state index contributed by atoms with van der Waals surface area (Å²) in [6.07, 6.45) is 1.63. The molecule has 0 saturated carbocycles. The van der Waals surface area contributed by atoms with Gasteiger partial charge in [0.2, 0.25) is 0 Å². The zero-order chi connectivity index (χ0) is 19.3. The Morgan fingerprint density at radius 2 is 1.69 bits per heavy atom. The third-order valence-corrected chi connectivity index (χ3v) is 5.40. The highest BCUT2D eigenvalue weighted by molar-refractivity contribution is 7.92. The number of alkyl halides is 3. The van der Waals surface area contributed by atoms with E-state index in [2.05, 4.69) is 0 Å². The van der Waals surface area contributed by atoms with Gasteiger partial charge >= 0.3 is 5.51 Å². The number of sulfone groups is 1. The quantitative estimate of drug-likeness (QED) is 0.839. The van der Waals surface area contributed by atoms with Gasteiger partial charge in [0.05, 0.1) is 4.90 Å². The van der Waals surface area contributed by atoms with Crippen LogP contribution in [0.3, 0.4) is 0 Å². The van der Waals surface area contributed by atoms with Gasteiger partial charge in [0.15, 0.2) is 0 Å². The molecule has 2 aromatic rings. The van der Waals surface area contributed by atoms with Crippen molar-refractivity contribution in [1.29, 1.82) is 0 Å². The van der Waals surface area contributed by atoms with Crippen LogP contribution in [0.5, 0.6) is 11.5 Å². The number of fused-ring (bicyclic) bond motifs is 1. The molecule has 0 aliphatic carbocycles. The maximum Gasteiger partial charge on any atom is 0.501 e. The molecular formula is C18H15F3O4S. The number of phenolic OH excluding ortho intramolecular Hbond substituents is 1. The molecule has 1 N–H and O–H groups in total. The third kappa shape index (κ3) is 3.05. The summed E-state index contributed by atoms with van der Waals surface area (Å²) in [7, 11) is -5.50. The first-order chi connectivity index (χ1) is 11.9. The Hall–Kier alpha value is -2.48. The fraction of sp³-hybridized carbons (Fsp3) is 0.222. The van der Waals surface area contributed by atoms with E-state index >= 15 is 0 Å². The van der Waals surface area contributed by atoms with Crippen molar-refractivity contribution in [3.63, 3.8) is 0 Å². The van der Waals surface area contributed by atoms with Gasteiger partial charge in [0.1, 0.15) is 17.1 Å². The molecule has 1 aliphatic rings. The molecule has 1 aliphatic heterocycles. The van der Waals surface area contributed by atoms with E-state index in [4.69, 9.17) is 4.74 Å². The molecule has 2 aromatic carbocycles. The second-order valence-electron chi connectivity index (χ2n) is 6.39. The normalized spacial score (nSPS) is 16.4. The molecule has 0 amide bonds. The minimum absolute atomic E-state index is 0.0773. The van der Waals surface area contributed by atoms with Gasteiger partial charge in [-0.05, 0) is 49.8 Å². The number of phenols is 1. The smallest absolute Gasteiger partial charge is 0.501 e. The highest BCUT2D eigenvalue weighted by Gasteiger charge is 2.47. The Labute approximate surface area is 148 Å². The SMILES string of the molecule is CC1(C)C=C(c2ccccc2O)c2cc(S(=O)(=O)C(F)(F)F)ccc2O1. The number of hydrogen-bond acceptors (Lipinski definition) is 4. The summed E-state index contributed by atoms with van der Waals surface area (Å²) in [6, 6.07) is 9.29. The standard InChI is InChI=1S/C18H15F3O4S/c1-17(2)10-14(12-5-3-4-6-15(12)22)13-9-11(7-8-16(13)25-17)26(23,24)18(19,20)21/h3-10,22H,1-2H3. The van der Waals surface area contributed by atoms with Gasteiger partial charge in [-0.15, -0.1) is 0 Å². The van der Waals surface area contributed by atoms with Crippen LogP contribution in [0.15, 0.2) is 53.4 Å². The molecule has 0 spiro atoms. The number of hydrogen-bond donors (Lipinski definition) is 1. The fourth-order valence-electron chi connectivity index (χ4n) is 2.77. The molecule has 0 radical (unpaired) electrons. The molecule has 1 heterocycles. The van der Waals surface area contributed by atoms with Gasteiger partial charge < -0.3 is 9.84 Å². The summed E-state index contributed by atoms with van der Waals surface area (Å²) in [4.78, 5) is -0.881. The minimum Gasteiger partial charge on any atom is -0.507 e. The monoisotopic (exact) mass is 384 g/mol. The lowest BCUT2D eigenvalue weighted by molar-refractivity contribution is -0.0436. The van der Waals surface area contributed by atoms with Crippen molar-refractivity contribution in [3.8, 4) is 11.5 Å². The lowest BCUT2D eigenvalue weighted by Gasteiger charge is -2.31. The van der Waals surface area contributed by atoms with E-state index < -0.39 is 25.8 Å². The van der Waals surface area contributed by atoms with E-state index in [1.54, 1.807) is 38.1 Å². The Morgan fingerprint density at radius 3 is 2.31 bits per heavy atom. The maximum atomic E-state index is 12.9. The number of benzene rings is 2. The molecule has 3 rings (SSSR count). The summed E-state index contributed by atoms with van der Waals surface area (Å²) in [5.74, 6) is 0.156. The molecular weight excluding hydrogens is 369 g/mol. The third-order valence-electron chi connectivity index (χ3n) is 3.92. The molecule has 0 saturated heterocycles. The van der Waals surface area contributed by atoms with Crippen LogP contribution in [0.25, 0.3) is 5.57 Å². The fourth-order valence-corrected chi connectivity index (χ4v) is 3.56. The van der Waals surface area contributed by atoms with Gasteiger partial charge in [0, 0.05) is 11.1 Å². The summed E-state index contributed by atoms with van der Waals surface area (Å²) in [6.45, 7) is 3.49. The van der Waals surface area contributed by atoms with E-state index in [-0.39, 0.29) is 17.1 Å². The van der Waals surface area contributed by atoms with E-state index in [1.807, 2.05) is 0 Å². The Morgan fingerprint density at radius 1 is 1.04 bits per heavy atom. The van der Waals surface area contributed by atoms with Gasteiger partial charge in [0.25, 0.3) is 9.84 Å². The van der Waals surface area contributed by atoms with Crippen LogP contribution >= 0.6 is 0 Å². The van der Waals surface area contributed by atoms with Crippen molar-refractivity contribution in [1.82, 2.24) is 0 Å². The van der Waals surface area contributed by atoms with Gasteiger partial charge in [-0.1, -0.05) is 18.2 Å². The lowest BCUT2D eigenvalue weighted by Crippen LogP contribution is -2.29. The summed E-state index contributed by atoms with van der Waals surface area (Å²) >= 11 is 0. The van der Waals surface area contributed by atoms with Crippen molar-refractivity contribution in [2.24, 2.45) is 0 Å². The molecule has 26 heavy (non-hydrogen) atoms. The van der Waals surface area contributed by atoms with Crippen LogP contribution < -0.4 is 4.74 Å². The van der Waals surface area contributed by atoms with Gasteiger partial charge in [-0.2, -0.15) is 13.2 Å². The molecule has 138 valence electrons. The van der Waals surface area contributed by atoms with Crippen molar-refractivity contribution in [2.75, 3.05) is 0 Å². The van der Waals surface area contributed by atoms with E-state index in [0.29, 0.717) is 11.1 Å². The molecule has 0 atom stereocenters. The molecule has 0 aromatic heterocycles. The zero-order valence-corrected chi connectivity index (χ0v) is 14.6. The second-order valence-corrected chi connectivity index (χ2v) is 8.33. The number of aromatic hydroxyl groups is 1. The molecule has 4 nitrogen and oxygen atoms in total. The molecule has 0 bridgehead atoms. The Bertz CT molecular complexity index is 1010. The number of rotatable bonds is 2. The summed E-state index contributed by atoms with van der Waals surface area (Å²) < 4.78 is 67.9. The van der Waals surface area contributed by atoms with E-state index in [1.165, 1.54) is 12.1 Å². The van der Waals surface area contributed by atoms with Crippen LogP contribution in [-0.4, -0.2) is 24.6 Å². The number of para-hydroxylation sites is 1. The van der Waals surface area contributed by atoms with E-state index in [9.17, 15) is 26.7 Å². The van der Waals surface area contributed by atoms with Crippen LogP contribution in [0.4, 0.5) is 13.2 Å². The molecule has 8 heteroatoms. The summed E-state index contributed by atoms with van der Waals surface area (Å²) in [5, 5.41) is 10.1. The number of halogens is 3. The molecule has 0 unspecified atom stereocenters. The average Bonchev–Trinajstić information content (AvgIpc) is 2.52. The first-order valence-electron chi connectivity index (χ1n) is 7.58. The number of ether oxygens (including phenoxy) is 1. The first kappa shape index (κ1) is 18.3.